The Kier molecular flexibility index (Phi) is 4.25. The molecule has 0 atom stereocenters. The zero-order valence-electron chi connectivity index (χ0n) is 11.7. The monoisotopic (exact) mass is 262 g/mol. The van der Waals surface area contributed by atoms with E-state index in [0.29, 0.717) is 0 Å². The summed E-state index contributed by atoms with van der Waals surface area (Å²) in [6, 6.07) is 6.69. The molecule has 2 rings (SSSR count). The molecular formula is C15H22N2S. The normalized spacial score (nSPS) is 11.1. The minimum Gasteiger partial charge on any atom is -0.349 e. The van der Waals surface area contributed by atoms with Crippen molar-refractivity contribution in [2.45, 2.75) is 47.3 Å². The van der Waals surface area contributed by atoms with Crippen LogP contribution in [0.1, 0.15) is 33.6 Å². The third-order valence-electron chi connectivity index (χ3n) is 3.41. The summed E-state index contributed by atoms with van der Waals surface area (Å²) in [6.45, 7) is 11.7. The van der Waals surface area contributed by atoms with Gasteiger partial charge < -0.3 is 9.88 Å². The van der Waals surface area contributed by atoms with Crippen molar-refractivity contribution in [2.24, 2.45) is 0 Å². The van der Waals surface area contributed by atoms with Gasteiger partial charge in [0, 0.05) is 40.8 Å². The van der Waals surface area contributed by atoms with E-state index < -0.39 is 0 Å². The predicted octanol–water partition coefficient (Wildman–Crippen LogP) is 3.78. The lowest BCUT2D eigenvalue weighted by Crippen LogP contribution is -2.12. The zero-order chi connectivity index (χ0) is 13.1. The maximum atomic E-state index is 3.53. The van der Waals surface area contributed by atoms with Gasteiger partial charge in [-0.3, -0.25) is 0 Å². The molecule has 2 heterocycles. The van der Waals surface area contributed by atoms with Crippen LogP contribution in [0.25, 0.3) is 0 Å². The number of thiophene rings is 1. The van der Waals surface area contributed by atoms with E-state index in [0.717, 1.165) is 19.6 Å². The molecule has 0 unspecified atom stereocenters. The summed E-state index contributed by atoms with van der Waals surface area (Å²) >= 11 is 1.87. The average molecular weight is 262 g/mol. The van der Waals surface area contributed by atoms with Gasteiger partial charge in [0.2, 0.25) is 0 Å². The molecule has 2 aromatic heterocycles. The van der Waals surface area contributed by atoms with Gasteiger partial charge in [0.1, 0.15) is 0 Å². The van der Waals surface area contributed by atoms with Crippen molar-refractivity contribution in [2.75, 3.05) is 0 Å². The molecule has 0 radical (unpaired) electrons. The van der Waals surface area contributed by atoms with E-state index in [1.54, 1.807) is 0 Å². The minimum atomic E-state index is 0.955. The summed E-state index contributed by atoms with van der Waals surface area (Å²) in [5, 5.41) is 3.53. The molecule has 1 N–H and O–H groups in total. The van der Waals surface area contributed by atoms with E-state index in [-0.39, 0.29) is 0 Å². The highest BCUT2D eigenvalue weighted by molar-refractivity contribution is 7.11. The lowest BCUT2D eigenvalue weighted by molar-refractivity contribution is 0.680. The Morgan fingerprint density at radius 2 is 1.94 bits per heavy atom. The van der Waals surface area contributed by atoms with Gasteiger partial charge >= 0.3 is 0 Å². The first-order valence-corrected chi connectivity index (χ1v) is 7.35. The number of nitrogens with zero attached hydrogens (tertiary/aromatic N) is 1. The average Bonchev–Trinajstić information content (AvgIpc) is 2.85. The minimum absolute atomic E-state index is 0.955. The molecule has 0 aromatic carbocycles. The predicted molar refractivity (Wildman–Crippen MR) is 79.2 cm³/mol. The third kappa shape index (κ3) is 2.85. The van der Waals surface area contributed by atoms with Crippen LogP contribution in [0.3, 0.4) is 0 Å². The van der Waals surface area contributed by atoms with Gasteiger partial charge in [0.05, 0.1) is 0 Å². The standard InChI is InChI=1S/C15H22N2S/c1-5-17-11(2)8-14(13(17)4)9-16-10-15-7-6-12(3)18-15/h6-8,16H,5,9-10H2,1-4H3. The molecule has 3 heteroatoms. The van der Waals surface area contributed by atoms with Crippen LogP contribution in [0, 0.1) is 20.8 Å². The van der Waals surface area contributed by atoms with E-state index in [2.05, 4.69) is 55.8 Å². The first-order valence-electron chi connectivity index (χ1n) is 6.53. The summed E-state index contributed by atoms with van der Waals surface area (Å²) < 4.78 is 2.37. The Morgan fingerprint density at radius 1 is 1.17 bits per heavy atom. The molecule has 0 spiro atoms. The SMILES string of the molecule is CCn1c(C)cc(CNCc2ccc(C)s2)c1C. The Balaban J connectivity index is 1.94. The van der Waals surface area contributed by atoms with E-state index in [4.69, 9.17) is 0 Å². The second-order valence-corrected chi connectivity index (χ2v) is 6.13. The quantitative estimate of drug-likeness (QED) is 0.867. The number of nitrogens with one attached hydrogen (secondary N) is 1. The first-order chi connectivity index (χ1) is 8.61. The van der Waals surface area contributed by atoms with Gasteiger partial charge in [-0.25, -0.2) is 0 Å². The van der Waals surface area contributed by atoms with Crippen LogP contribution in [-0.2, 0) is 19.6 Å². The first kappa shape index (κ1) is 13.4. The fraction of sp³-hybridized carbons (Fsp3) is 0.467. The van der Waals surface area contributed by atoms with Crippen molar-refractivity contribution in [3.63, 3.8) is 0 Å². The maximum absolute atomic E-state index is 3.53. The van der Waals surface area contributed by atoms with Crippen molar-refractivity contribution in [3.05, 3.63) is 44.9 Å². The second kappa shape index (κ2) is 5.72. The van der Waals surface area contributed by atoms with Crippen molar-refractivity contribution in [1.82, 2.24) is 9.88 Å². The van der Waals surface area contributed by atoms with Crippen molar-refractivity contribution in [1.29, 1.82) is 0 Å². The molecule has 0 aliphatic heterocycles. The van der Waals surface area contributed by atoms with E-state index in [1.807, 2.05) is 11.3 Å². The number of aromatic nitrogens is 1. The number of hydrogen-bond donors (Lipinski definition) is 1. The van der Waals surface area contributed by atoms with Gasteiger partial charge in [-0.2, -0.15) is 0 Å². The fourth-order valence-electron chi connectivity index (χ4n) is 2.44. The van der Waals surface area contributed by atoms with Gasteiger partial charge in [-0.1, -0.05) is 0 Å². The number of rotatable bonds is 5. The van der Waals surface area contributed by atoms with Crippen molar-refractivity contribution < 1.29 is 0 Å². The molecule has 2 nitrogen and oxygen atoms in total. The van der Waals surface area contributed by atoms with Crippen LogP contribution < -0.4 is 5.32 Å². The highest BCUT2D eigenvalue weighted by atomic mass is 32.1. The molecule has 0 aliphatic carbocycles. The van der Waals surface area contributed by atoms with Gasteiger partial charge in [0.25, 0.3) is 0 Å². The number of aryl methyl sites for hydroxylation is 2. The molecule has 18 heavy (non-hydrogen) atoms. The second-order valence-electron chi connectivity index (χ2n) is 4.76. The smallest absolute Gasteiger partial charge is 0.0303 e. The largest absolute Gasteiger partial charge is 0.349 e. The molecule has 0 saturated carbocycles. The van der Waals surface area contributed by atoms with Crippen molar-refractivity contribution >= 4 is 11.3 Å². The zero-order valence-corrected chi connectivity index (χ0v) is 12.5. The van der Waals surface area contributed by atoms with Gasteiger partial charge in [-0.15, -0.1) is 11.3 Å². The van der Waals surface area contributed by atoms with E-state index in [9.17, 15) is 0 Å². The highest BCUT2D eigenvalue weighted by Crippen LogP contribution is 2.17. The van der Waals surface area contributed by atoms with Crippen LogP contribution in [0.5, 0.6) is 0 Å². The van der Waals surface area contributed by atoms with Crippen LogP contribution >= 0.6 is 11.3 Å². The lowest BCUT2D eigenvalue weighted by atomic mass is 10.2. The molecule has 2 aromatic rings. The number of hydrogen-bond acceptors (Lipinski definition) is 2. The van der Waals surface area contributed by atoms with Crippen LogP contribution in [0.15, 0.2) is 18.2 Å². The van der Waals surface area contributed by atoms with E-state index in [1.165, 1.54) is 26.7 Å². The maximum Gasteiger partial charge on any atom is 0.0303 e. The molecule has 0 aliphatic rings. The lowest BCUT2D eigenvalue weighted by Gasteiger charge is -2.06. The van der Waals surface area contributed by atoms with Crippen molar-refractivity contribution in [3.8, 4) is 0 Å². The Bertz CT molecular complexity index is 523. The summed E-state index contributed by atoms with van der Waals surface area (Å²) in [7, 11) is 0. The Hall–Kier alpha value is -1.06. The molecule has 0 bridgehead atoms. The van der Waals surface area contributed by atoms with Gasteiger partial charge in [0.15, 0.2) is 0 Å². The summed E-state index contributed by atoms with van der Waals surface area (Å²) in [6.07, 6.45) is 0. The topological polar surface area (TPSA) is 17.0 Å². The Labute approximate surface area is 114 Å². The van der Waals surface area contributed by atoms with E-state index >= 15 is 0 Å². The highest BCUT2D eigenvalue weighted by Gasteiger charge is 2.07. The molecule has 0 fully saturated rings. The third-order valence-corrected chi connectivity index (χ3v) is 4.41. The summed E-state index contributed by atoms with van der Waals surface area (Å²) in [4.78, 5) is 2.80. The van der Waals surface area contributed by atoms with Gasteiger partial charge in [-0.05, 0) is 51.5 Å². The summed E-state index contributed by atoms with van der Waals surface area (Å²) in [5.41, 5.74) is 4.17. The van der Waals surface area contributed by atoms with Crippen LogP contribution in [-0.4, -0.2) is 4.57 Å². The molecule has 0 saturated heterocycles. The fourth-order valence-corrected chi connectivity index (χ4v) is 3.30. The molecule has 0 amide bonds. The molecule has 98 valence electrons. The Morgan fingerprint density at radius 3 is 2.50 bits per heavy atom. The van der Waals surface area contributed by atoms with Crippen LogP contribution in [0.2, 0.25) is 0 Å². The molecular weight excluding hydrogens is 240 g/mol. The van der Waals surface area contributed by atoms with Crippen LogP contribution in [0.4, 0.5) is 0 Å². The summed E-state index contributed by atoms with van der Waals surface area (Å²) in [5.74, 6) is 0.